The first kappa shape index (κ1) is 7.07. The van der Waals surface area contributed by atoms with E-state index in [1.54, 1.807) is 0 Å². The summed E-state index contributed by atoms with van der Waals surface area (Å²) in [7, 11) is -7.15. The lowest BCUT2D eigenvalue weighted by molar-refractivity contribution is -0.870. The van der Waals surface area contributed by atoms with Gasteiger partial charge in [-0.2, -0.15) is 0 Å². The molecule has 0 aromatic carbocycles. The van der Waals surface area contributed by atoms with E-state index in [-0.39, 0.29) is 0 Å². The predicted molar refractivity (Wildman–Crippen MR) is 188 cm³/mol. The van der Waals surface area contributed by atoms with Crippen molar-refractivity contribution in [1.82, 2.24) is 0 Å². The lowest BCUT2D eigenvalue weighted by atomic mass is 10.1. The maximum Gasteiger partial charge on any atom is 0.472 e. The average molecular weight is 746 g/mol. The Morgan fingerprint density at radius 2 is 1.09 bits per heavy atom. The molecule has 10 heteroatoms. The average Bonchev–Trinajstić information content (AvgIpc) is 0.688. The van der Waals surface area contributed by atoms with Crippen molar-refractivity contribution in [2.45, 2.75) is 173 Å². The van der Waals surface area contributed by atoms with Gasteiger partial charge in [-0.05, 0) is 12.7 Å². The van der Waals surface area contributed by atoms with Crippen LogP contribution in [-0.2, 0) is 32.7 Å². The third-order valence-electron chi connectivity index (χ3n) is 3.05. The summed E-state index contributed by atoms with van der Waals surface area (Å²) in [6.45, 7) is -39.0. The van der Waals surface area contributed by atoms with Crippen molar-refractivity contribution in [2.75, 3.05) is 47.2 Å². The van der Waals surface area contributed by atoms with Gasteiger partial charge in [-0.1, -0.05) is 141 Å². The minimum atomic E-state index is -7.15. The van der Waals surface area contributed by atoms with Crippen LogP contribution in [-0.4, -0.2) is 74.6 Å². The smallest absolute Gasteiger partial charge is 0.462 e. The molecule has 2 atom stereocenters. The second-order valence-corrected chi connectivity index (χ2v) is 7.74. The Bertz CT molecular complexity index is 3430. The van der Waals surface area contributed by atoms with Crippen molar-refractivity contribution in [3.8, 4) is 0 Å². The first-order chi connectivity index (χ1) is 47.6. The zero-order chi connectivity index (χ0) is 93.5. The number of likely N-dealkylation sites (N-methyl/N-ethyl adjacent to an activating group) is 1. The van der Waals surface area contributed by atoms with Gasteiger partial charge in [0.2, 0.25) is 0 Å². The summed E-state index contributed by atoms with van der Waals surface area (Å²) in [6.07, 6.45) is -131. The lowest BCUT2D eigenvalue weighted by Gasteiger charge is -2.24. The number of carbonyl (C=O) groups excluding carboxylic acids is 2. The van der Waals surface area contributed by atoms with Crippen molar-refractivity contribution in [1.29, 1.82) is 0 Å². The molecule has 274 valence electrons. The van der Waals surface area contributed by atoms with Crippen molar-refractivity contribution in [3.05, 3.63) is 0 Å². The molecule has 0 rings (SSSR count). The SMILES string of the molecule is [2H]C([2H])([2H])C([2H])([2H])C([2H])([2H])C([2H])([2H])C([2H])([2H])C([2H])([2H])C([2H])([2H])C([2H])([2H])C([2H])([2H])C([2H])([2H])C([2H])([2H])C([2H])([2H])C([2H])([2H])C(=O)OC[C@H](COP(=O)(O)OC([2H])([2H])C([2H])([2H])[N+](C([2H])([2H])[2H])(C([2H])([2H])[2H])C([2H])([2H])[2H])OC(=O)C([2H])([2H])C([2H])([2H])C([2H])([2H])C([2H])([2H])C([2H])([2H])C([2H])([2H])C([2H])([2H])C([2H])([2H])C([2H])([2H])C([2H])([2H])C([2H])([2H])C([2H])([2H])C([2H])([2H])[2H]. The molecule has 0 saturated heterocycles. The molecule has 0 aromatic heterocycles. The van der Waals surface area contributed by atoms with Crippen LogP contribution in [0.1, 0.15) is 258 Å². The van der Waals surface area contributed by atoms with Crippen LogP contribution in [0.25, 0.3) is 0 Å². The molecular weight excluding hydrogens is 605 g/mol. The van der Waals surface area contributed by atoms with E-state index in [0.29, 0.717) is 0 Å². The van der Waals surface area contributed by atoms with E-state index < -0.39 is 244 Å². The zero-order valence-corrected chi connectivity index (χ0v) is 23.6. The van der Waals surface area contributed by atoms with Crippen LogP contribution in [0.15, 0.2) is 0 Å². The molecule has 1 N–H and O–H groups in total. The molecule has 0 amide bonds. The van der Waals surface area contributed by atoms with E-state index in [4.69, 9.17) is 91.8 Å². The summed E-state index contributed by atoms with van der Waals surface area (Å²) in [5.41, 5.74) is 0. The van der Waals surface area contributed by atoms with Crippen LogP contribution in [0.5, 0.6) is 0 Å². The second-order valence-electron chi connectivity index (χ2n) is 6.37. The molecule has 0 aromatic rings. The van der Waals surface area contributed by atoms with E-state index in [1.165, 1.54) is 0 Å². The summed E-state index contributed by atoms with van der Waals surface area (Å²) >= 11 is 0. The highest BCUT2D eigenvalue weighted by Crippen LogP contribution is 2.43. The highest BCUT2D eigenvalue weighted by atomic mass is 31.2. The Labute approximate surface area is 377 Å². The highest BCUT2D eigenvalue weighted by Gasteiger charge is 2.27. The number of quaternary nitrogens is 1. The van der Waals surface area contributed by atoms with Gasteiger partial charge in [0.05, 0.1) is 45.4 Å². The van der Waals surface area contributed by atoms with Crippen molar-refractivity contribution in [3.63, 3.8) is 0 Å². The molecule has 0 aliphatic rings. The van der Waals surface area contributed by atoms with Gasteiger partial charge >= 0.3 is 19.8 Å². The Balaban J connectivity index is 8.81. The predicted octanol–water partition coefficient (Wildman–Crippen LogP) is 9.68. The van der Waals surface area contributed by atoms with Gasteiger partial charge in [-0.25, -0.2) is 4.57 Å². The molecule has 0 aliphatic heterocycles. The standard InChI is InChI=1S/C36H72NO8P/c1-6-8-10-12-14-16-18-20-22-24-26-28-35(38)42-32-34(33-44-46(40,41)43-31-30-37(3,4)5)45-36(39)29-27-25-23-21-19-17-15-13-11-9-7-2/h34H,6-33H2,1-5H3/p+1/t34-/m1/s1/i1D3,2D3,3D3,4D3,5D3,6D2,7D2,8D2,9D2,10D2,11D2,12D2,13D2,14D2,15D2,16D2,17D2,18D2,19D2,20D2,21D2,22D2,23D2,24D2,25D2,26D2,27D2,28D2,29D2,30D2,31D2. The number of hydrogen-bond acceptors (Lipinski definition) is 7. The number of ether oxygens (including phenoxy) is 2. The Kier molecular flexibility index (Phi) is 4.63. The maximum atomic E-state index is 14.1. The van der Waals surface area contributed by atoms with Gasteiger partial charge in [0.1, 0.15) is 19.7 Å². The molecule has 0 saturated carbocycles. The molecule has 0 heterocycles. The summed E-state index contributed by atoms with van der Waals surface area (Å²) in [4.78, 5) is 38.7. The zero-order valence-electron chi connectivity index (χ0n) is 89.7. The molecule has 1 unspecified atom stereocenters. The van der Waals surface area contributed by atoms with Crippen LogP contribution in [0, 0.1) is 0 Å². The fraction of sp³-hybridized carbons (Fsp3) is 0.944. The molecule has 0 spiro atoms. The van der Waals surface area contributed by atoms with Crippen molar-refractivity contribution >= 4 is 19.8 Å². The number of nitrogens with zero attached hydrogens (tertiary/aromatic N) is 1. The van der Waals surface area contributed by atoms with Crippen LogP contribution in [0.2, 0.25) is 0 Å². The number of hydrogen-bond donors (Lipinski definition) is 1. The quantitative estimate of drug-likeness (QED) is 0.0394. The highest BCUT2D eigenvalue weighted by molar-refractivity contribution is 7.47. The lowest BCUT2D eigenvalue weighted by Crippen LogP contribution is -2.37. The Morgan fingerprint density at radius 1 is 0.652 bits per heavy atom. The fourth-order valence-corrected chi connectivity index (χ4v) is 2.14. The van der Waals surface area contributed by atoms with Crippen LogP contribution in [0.3, 0.4) is 0 Å². The van der Waals surface area contributed by atoms with Crippen LogP contribution < -0.4 is 0 Å². The summed E-state index contributed by atoms with van der Waals surface area (Å²) < 4.78 is 570. The van der Waals surface area contributed by atoms with Gasteiger partial charge in [-0.3, -0.25) is 18.6 Å². The van der Waals surface area contributed by atoms with Crippen molar-refractivity contribution < 1.29 is 134 Å². The molecule has 0 radical (unpaired) electrons. The van der Waals surface area contributed by atoms with Crippen molar-refractivity contribution in [2.24, 2.45) is 0 Å². The monoisotopic (exact) mass is 746 g/mol. The topological polar surface area (TPSA) is 108 Å². The number of rotatable bonds is 34. The van der Waals surface area contributed by atoms with Crippen LogP contribution >= 0.6 is 7.82 Å². The minimum absolute atomic E-state index is 2.61. The van der Waals surface area contributed by atoms with Gasteiger partial charge in [0.15, 0.2) is 6.10 Å². The third-order valence-corrected chi connectivity index (χ3v) is 3.85. The molecule has 0 bridgehead atoms. The molecular formula is C36H73NO8P+. The molecule has 0 aliphatic carbocycles. The van der Waals surface area contributed by atoms with Gasteiger partial charge in [0.25, 0.3) is 0 Å². The largest absolute Gasteiger partial charge is 0.472 e. The summed E-state index contributed by atoms with van der Waals surface area (Å²) in [6, 6.07) is 0. The number of carbonyl (C=O) groups is 2. The van der Waals surface area contributed by atoms with Gasteiger partial charge in [0, 0.05) is 86.8 Å². The van der Waals surface area contributed by atoms with E-state index in [1.807, 2.05) is 0 Å². The normalized spacial score (nSPS) is 44.8. The number of esters is 2. The number of phosphoric ester groups is 1. The van der Waals surface area contributed by atoms with Gasteiger partial charge in [-0.15, -0.1) is 0 Å². The first-order valence-corrected chi connectivity index (χ1v) is 12.5. The summed E-state index contributed by atoms with van der Waals surface area (Å²) in [5.74, 6) is -6.63. The second kappa shape index (κ2) is 30.1. The number of phosphoric acid groups is 1. The van der Waals surface area contributed by atoms with E-state index in [2.05, 4.69) is 18.5 Å². The Hall–Kier alpha value is -0.990. The van der Waals surface area contributed by atoms with Crippen LogP contribution in [0.4, 0.5) is 0 Å². The van der Waals surface area contributed by atoms with Gasteiger partial charge < -0.3 is 18.9 Å². The maximum absolute atomic E-state index is 14.1. The minimum Gasteiger partial charge on any atom is -0.462 e. The fourth-order valence-electron chi connectivity index (χ4n) is 1.58. The van der Waals surface area contributed by atoms with E-state index in [0.717, 1.165) is 0 Å². The Morgan fingerprint density at radius 3 is 1.54 bits per heavy atom. The van der Waals surface area contributed by atoms with E-state index >= 15 is 0 Å². The molecule has 0 fully saturated rings. The molecule has 9 nitrogen and oxygen atoms in total. The van der Waals surface area contributed by atoms with E-state index in [9.17, 15) is 19.0 Å². The summed E-state index contributed by atoms with van der Waals surface area (Å²) in [5, 5.41) is 0. The third kappa shape index (κ3) is 32.9. The first-order valence-electron chi connectivity index (χ1n) is 44.5. The molecule has 46 heavy (non-hydrogen) atoms.